The molecule has 0 spiro atoms. The maximum absolute atomic E-state index is 14.7. The zero-order valence-electron chi connectivity index (χ0n) is 20.9. The van der Waals surface area contributed by atoms with Gasteiger partial charge in [-0.15, -0.1) is 0 Å². The highest BCUT2D eigenvalue weighted by Crippen LogP contribution is 2.38. The standard InChI is InChI=1S/C29H26BrFN4O4/c1-17(18-5-3-2-4-6-18)26(27-32-16-24(33-27)22-12-9-20(30)15-23(22)31)35-28(37)25(34-29(35)38)19-7-10-21(11-8-19)39-14-13-36/h2-12,15-17,26,36-37H,13-14H2,1H3,(H,32,33)(H,34,38)/t17-,26-/m0/s1. The van der Waals surface area contributed by atoms with Crippen molar-refractivity contribution in [3.63, 3.8) is 0 Å². The molecular formula is C29H26BrFN4O4. The van der Waals surface area contributed by atoms with Gasteiger partial charge in [-0.1, -0.05) is 53.2 Å². The molecule has 3 aromatic carbocycles. The predicted octanol–water partition coefficient (Wildman–Crippen LogP) is 5.60. The number of nitrogens with one attached hydrogen (secondary N) is 2. The molecule has 2 aromatic heterocycles. The molecule has 0 aliphatic heterocycles. The smallest absolute Gasteiger partial charge is 0.329 e. The summed E-state index contributed by atoms with van der Waals surface area (Å²) >= 11 is 3.27. The molecule has 2 atom stereocenters. The van der Waals surface area contributed by atoms with E-state index in [-0.39, 0.29) is 30.7 Å². The Morgan fingerprint density at radius 1 is 1.08 bits per heavy atom. The molecule has 200 valence electrons. The largest absolute Gasteiger partial charge is 0.493 e. The highest BCUT2D eigenvalue weighted by molar-refractivity contribution is 9.10. The molecule has 0 amide bonds. The summed E-state index contributed by atoms with van der Waals surface area (Å²) in [5.74, 6) is -0.0547. The fourth-order valence-corrected chi connectivity index (χ4v) is 4.97. The van der Waals surface area contributed by atoms with Crippen LogP contribution < -0.4 is 10.4 Å². The lowest BCUT2D eigenvalue weighted by atomic mass is 9.92. The number of imidazole rings is 2. The van der Waals surface area contributed by atoms with Gasteiger partial charge in [0.1, 0.15) is 35.7 Å². The van der Waals surface area contributed by atoms with Crippen molar-refractivity contribution in [3.8, 4) is 34.1 Å². The lowest BCUT2D eigenvalue weighted by Gasteiger charge is -2.24. The third kappa shape index (κ3) is 5.39. The number of aromatic hydroxyl groups is 1. The summed E-state index contributed by atoms with van der Waals surface area (Å²) in [5, 5.41) is 20.3. The Morgan fingerprint density at radius 3 is 2.51 bits per heavy atom. The van der Waals surface area contributed by atoms with Gasteiger partial charge in [0.2, 0.25) is 5.88 Å². The van der Waals surface area contributed by atoms with Gasteiger partial charge in [-0.25, -0.2) is 14.2 Å². The Morgan fingerprint density at radius 2 is 1.82 bits per heavy atom. The van der Waals surface area contributed by atoms with Gasteiger partial charge in [-0.2, -0.15) is 0 Å². The zero-order valence-corrected chi connectivity index (χ0v) is 22.5. The van der Waals surface area contributed by atoms with Crippen LogP contribution in [0, 0.1) is 5.82 Å². The number of hydrogen-bond donors (Lipinski definition) is 4. The molecule has 10 heteroatoms. The summed E-state index contributed by atoms with van der Waals surface area (Å²) < 4.78 is 22.0. The molecule has 0 aliphatic carbocycles. The number of aliphatic hydroxyl groups excluding tert-OH is 1. The van der Waals surface area contributed by atoms with Gasteiger partial charge >= 0.3 is 5.69 Å². The topological polar surface area (TPSA) is 116 Å². The third-order valence-electron chi connectivity index (χ3n) is 6.58. The Balaban J connectivity index is 1.59. The monoisotopic (exact) mass is 592 g/mol. The van der Waals surface area contributed by atoms with Crippen molar-refractivity contribution in [2.24, 2.45) is 0 Å². The average Bonchev–Trinajstić information content (AvgIpc) is 3.53. The van der Waals surface area contributed by atoms with E-state index in [1.54, 1.807) is 36.4 Å². The second kappa shape index (κ2) is 11.3. The van der Waals surface area contributed by atoms with E-state index >= 15 is 0 Å². The predicted molar refractivity (Wildman–Crippen MR) is 149 cm³/mol. The average molecular weight is 593 g/mol. The summed E-state index contributed by atoms with van der Waals surface area (Å²) in [6, 6.07) is 20.4. The minimum atomic E-state index is -0.746. The number of nitrogens with zero attached hydrogens (tertiary/aromatic N) is 2. The van der Waals surface area contributed by atoms with Crippen molar-refractivity contribution in [2.75, 3.05) is 13.2 Å². The van der Waals surface area contributed by atoms with Crippen LogP contribution in [0.3, 0.4) is 0 Å². The van der Waals surface area contributed by atoms with Crippen LogP contribution in [-0.4, -0.2) is 42.9 Å². The van der Waals surface area contributed by atoms with Gasteiger partial charge in [-0.3, -0.25) is 4.57 Å². The molecule has 0 unspecified atom stereocenters. The number of rotatable bonds is 9. The van der Waals surface area contributed by atoms with E-state index in [1.807, 2.05) is 37.3 Å². The molecule has 2 heterocycles. The molecule has 0 bridgehead atoms. The van der Waals surface area contributed by atoms with Crippen LogP contribution in [0.25, 0.3) is 22.5 Å². The van der Waals surface area contributed by atoms with Crippen LogP contribution in [0.15, 0.2) is 88.3 Å². The number of H-pyrrole nitrogens is 2. The molecule has 0 radical (unpaired) electrons. The van der Waals surface area contributed by atoms with Crippen molar-refractivity contribution in [1.29, 1.82) is 0 Å². The Hall–Kier alpha value is -4.15. The van der Waals surface area contributed by atoms with Crippen LogP contribution in [0.1, 0.15) is 30.3 Å². The van der Waals surface area contributed by atoms with E-state index in [9.17, 15) is 14.3 Å². The SMILES string of the molecule is C[C@@H](c1ccccc1)[C@@H](c1ncc(-c2ccc(Br)cc2F)[nH]1)n1c(O)c(-c2ccc(OCCO)cc2)[nH]c1=O. The fourth-order valence-electron chi connectivity index (χ4n) is 4.63. The second-order valence-corrected chi connectivity index (χ2v) is 9.96. The molecule has 4 N–H and O–H groups in total. The summed E-state index contributed by atoms with van der Waals surface area (Å²) in [5.41, 5.74) is 1.99. The highest BCUT2D eigenvalue weighted by atomic mass is 79.9. The minimum Gasteiger partial charge on any atom is -0.493 e. The van der Waals surface area contributed by atoms with E-state index in [1.165, 1.54) is 16.8 Å². The van der Waals surface area contributed by atoms with E-state index in [0.717, 1.165) is 5.56 Å². The van der Waals surface area contributed by atoms with Crippen LogP contribution in [0.2, 0.25) is 0 Å². The first kappa shape index (κ1) is 26.5. The molecule has 5 aromatic rings. The quantitative estimate of drug-likeness (QED) is 0.178. The van der Waals surface area contributed by atoms with Crippen molar-refractivity contribution in [2.45, 2.75) is 18.9 Å². The van der Waals surface area contributed by atoms with Gasteiger partial charge in [0.25, 0.3) is 0 Å². The summed E-state index contributed by atoms with van der Waals surface area (Å²) in [6.45, 7) is 1.99. The first-order valence-corrected chi connectivity index (χ1v) is 13.1. The number of hydrogen-bond acceptors (Lipinski definition) is 5. The van der Waals surface area contributed by atoms with Crippen LogP contribution in [0.5, 0.6) is 11.6 Å². The molecule has 0 saturated heterocycles. The van der Waals surface area contributed by atoms with Gasteiger partial charge in [0.05, 0.1) is 18.5 Å². The third-order valence-corrected chi connectivity index (χ3v) is 7.07. The van der Waals surface area contributed by atoms with Gasteiger partial charge in [0.15, 0.2) is 0 Å². The number of halogens is 2. The van der Waals surface area contributed by atoms with Gasteiger partial charge < -0.3 is 24.9 Å². The molecule has 0 aliphatic rings. The molecular weight excluding hydrogens is 567 g/mol. The number of aliphatic hydroxyl groups is 1. The van der Waals surface area contributed by atoms with Crippen molar-refractivity contribution in [3.05, 3.63) is 111 Å². The normalized spacial score (nSPS) is 12.8. The number of aromatic amines is 2. The second-order valence-electron chi connectivity index (χ2n) is 9.05. The lowest BCUT2D eigenvalue weighted by Crippen LogP contribution is -2.27. The van der Waals surface area contributed by atoms with E-state index in [2.05, 4.69) is 30.9 Å². The molecule has 0 fully saturated rings. The van der Waals surface area contributed by atoms with Gasteiger partial charge in [-0.05, 0) is 48.0 Å². The maximum Gasteiger partial charge on any atom is 0.329 e. The van der Waals surface area contributed by atoms with Gasteiger partial charge in [0, 0.05) is 21.5 Å². The van der Waals surface area contributed by atoms with Crippen LogP contribution in [0.4, 0.5) is 4.39 Å². The lowest BCUT2D eigenvalue weighted by molar-refractivity contribution is 0.201. The van der Waals surface area contributed by atoms with Crippen molar-refractivity contribution in [1.82, 2.24) is 19.5 Å². The molecule has 5 rings (SSSR count). The zero-order chi connectivity index (χ0) is 27.5. The van der Waals surface area contributed by atoms with Crippen LogP contribution in [-0.2, 0) is 0 Å². The highest BCUT2D eigenvalue weighted by Gasteiger charge is 2.31. The van der Waals surface area contributed by atoms with Crippen LogP contribution >= 0.6 is 15.9 Å². The Kier molecular flexibility index (Phi) is 7.67. The summed E-state index contributed by atoms with van der Waals surface area (Å²) in [7, 11) is 0. The van der Waals surface area contributed by atoms with E-state index in [0.29, 0.717) is 32.9 Å². The van der Waals surface area contributed by atoms with Crippen molar-refractivity contribution < 1.29 is 19.3 Å². The van der Waals surface area contributed by atoms with E-state index < -0.39 is 17.5 Å². The molecule has 8 nitrogen and oxygen atoms in total. The first-order chi connectivity index (χ1) is 18.9. The molecule has 39 heavy (non-hydrogen) atoms. The number of aromatic nitrogens is 4. The first-order valence-electron chi connectivity index (χ1n) is 12.3. The Labute approximate surface area is 231 Å². The summed E-state index contributed by atoms with van der Waals surface area (Å²) in [4.78, 5) is 23.8. The maximum atomic E-state index is 14.7. The summed E-state index contributed by atoms with van der Waals surface area (Å²) in [6.07, 6.45) is 1.52. The number of ether oxygens (including phenoxy) is 1. The molecule has 0 saturated carbocycles. The van der Waals surface area contributed by atoms with E-state index in [4.69, 9.17) is 9.84 Å². The number of benzene rings is 3. The van der Waals surface area contributed by atoms with Crippen molar-refractivity contribution >= 4 is 15.9 Å². The Bertz CT molecular complexity index is 1630. The minimum absolute atomic E-state index is 0.108. The fraction of sp³-hybridized carbons (Fsp3) is 0.172.